The summed E-state index contributed by atoms with van der Waals surface area (Å²) in [6, 6.07) is 0. The lowest BCUT2D eigenvalue weighted by atomic mass is 9.95. The summed E-state index contributed by atoms with van der Waals surface area (Å²) >= 11 is 4.41. The third kappa shape index (κ3) is 2.14. The Labute approximate surface area is 109 Å². The van der Waals surface area contributed by atoms with Crippen molar-refractivity contribution in [1.29, 1.82) is 0 Å². The zero-order chi connectivity index (χ0) is 11.8. The Kier molecular flexibility index (Phi) is 3.85. The number of thiol groups is 1. The highest BCUT2D eigenvalue weighted by Gasteiger charge is 2.48. The van der Waals surface area contributed by atoms with E-state index < -0.39 is 0 Å². The largest absolute Gasteiger partial charge is 0.297 e. The van der Waals surface area contributed by atoms with E-state index in [9.17, 15) is 0 Å². The first kappa shape index (κ1) is 13.1. The SMILES string of the molecule is CCN1CCCC12CCN(C(C)(C)SS)C2. The molecule has 2 aliphatic rings. The summed E-state index contributed by atoms with van der Waals surface area (Å²) in [5.74, 6) is 0. The minimum absolute atomic E-state index is 0.175. The molecule has 16 heavy (non-hydrogen) atoms. The maximum absolute atomic E-state index is 4.41. The molecule has 2 saturated heterocycles. The molecule has 2 rings (SSSR count). The van der Waals surface area contributed by atoms with Crippen molar-refractivity contribution in [3.05, 3.63) is 0 Å². The second kappa shape index (κ2) is 4.71. The molecule has 1 unspecified atom stereocenters. The van der Waals surface area contributed by atoms with Gasteiger partial charge in [0.2, 0.25) is 0 Å². The molecule has 0 aromatic heterocycles. The van der Waals surface area contributed by atoms with E-state index >= 15 is 0 Å². The molecular formula is C12H24N2S2. The summed E-state index contributed by atoms with van der Waals surface area (Å²) < 4.78 is 0. The minimum atomic E-state index is 0.175. The molecule has 0 radical (unpaired) electrons. The average Bonchev–Trinajstić information content (AvgIpc) is 2.87. The van der Waals surface area contributed by atoms with E-state index in [4.69, 9.17) is 0 Å². The second-order valence-electron chi connectivity index (χ2n) is 5.62. The summed E-state index contributed by atoms with van der Waals surface area (Å²) in [7, 11) is 1.68. The van der Waals surface area contributed by atoms with Gasteiger partial charge in [0, 0.05) is 18.6 Å². The lowest BCUT2D eigenvalue weighted by Crippen LogP contribution is -2.48. The molecule has 1 atom stereocenters. The third-order valence-corrected chi connectivity index (χ3v) is 6.49. The molecule has 2 fully saturated rings. The van der Waals surface area contributed by atoms with Gasteiger partial charge >= 0.3 is 0 Å². The zero-order valence-electron chi connectivity index (χ0n) is 10.7. The van der Waals surface area contributed by atoms with Crippen LogP contribution in [0.2, 0.25) is 0 Å². The Morgan fingerprint density at radius 2 is 2.06 bits per heavy atom. The van der Waals surface area contributed by atoms with E-state index in [1.165, 1.54) is 45.4 Å². The van der Waals surface area contributed by atoms with Gasteiger partial charge < -0.3 is 0 Å². The second-order valence-corrected chi connectivity index (χ2v) is 7.35. The maximum Gasteiger partial charge on any atom is 0.0714 e. The van der Waals surface area contributed by atoms with Crippen molar-refractivity contribution in [2.45, 2.75) is 50.4 Å². The molecule has 4 heteroatoms. The highest BCUT2D eigenvalue weighted by Crippen LogP contribution is 2.42. The van der Waals surface area contributed by atoms with Gasteiger partial charge in [-0.3, -0.25) is 9.80 Å². The zero-order valence-corrected chi connectivity index (χ0v) is 12.4. The fourth-order valence-electron chi connectivity index (χ4n) is 3.32. The minimum Gasteiger partial charge on any atom is -0.297 e. The predicted octanol–water partition coefficient (Wildman–Crippen LogP) is 2.86. The van der Waals surface area contributed by atoms with Crippen LogP contribution in [0, 0.1) is 0 Å². The highest BCUT2D eigenvalue weighted by atomic mass is 33.1. The lowest BCUT2D eigenvalue weighted by molar-refractivity contribution is 0.134. The van der Waals surface area contributed by atoms with E-state index in [2.05, 4.69) is 42.2 Å². The van der Waals surface area contributed by atoms with Crippen molar-refractivity contribution in [3.8, 4) is 0 Å². The van der Waals surface area contributed by atoms with Gasteiger partial charge in [0.05, 0.1) is 4.87 Å². The highest BCUT2D eigenvalue weighted by molar-refractivity contribution is 8.69. The van der Waals surface area contributed by atoms with E-state index in [1.807, 2.05) is 0 Å². The van der Waals surface area contributed by atoms with Crippen molar-refractivity contribution >= 4 is 22.5 Å². The fourth-order valence-corrected chi connectivity index (χ4v) is 3.94. The smallest absolute Gasteiger partial charge is 0.0714 e. The van der Waals surface area contributed by atoms with Crippen LogP contribution in [-0.2, 0) is 0 Å². The standard InChI is InChI=1S/C12H24N2S2/c1-4-13-8-5-6-12(13)7-9-14(10-12)11(2,3)16-15/h15H,4-10H2,1-3H3. The molecule has 2 nitrogen and oxygen atoms in total. The van der Waals surface area contributed by atoms with Crippen molar-refractivity contribution in [2.75, 3.05) is 26.2 Å². The van der Waals surface area contributed by atoms with Gasteiger partial charge in [0.1, 0.15) is 0 Å². The van der Waals surface area contributed by atoms with Crippen LogP contribution in [-0.4, -0.2) is 46.4 Å². The summed E-state index contributed by atoms with van der Waals surface area (Å²) in [5.41, 5.74) is 0.496. The number of rotatable bonds is 3. The molecule has 0 aromatic rings. The van der Waals surface area contributed by atoms with Crippen LogP contribution in [0.25, 0.3) is 0 Å². The molecule has 2 heterocycles. The van der Waals surface area contributed by atoms with Gasteiger partial charge in [-0.05, 0) is 46.2 Å². The summed E-state index contributed by atoms with van der Waals surface area (Å²) in [6.45, 7) is 11.9. The van der Waals surface area contributed by atoms with Crippen LogP contribution in [0.3, 0.4) is 0 Å². The Morgan fingerprint density at radius 3 is 2.69 bits per heavy atom. The van der Waals surface area contributed by atoms with Crippen LogP contribution < -0.4 is 0 Å². The molecule has 0 aliphatic carbocycles. The maximum atomic E-state index is 4.41. The van der Waals surface area contributed by atoms with Gasteiger partial charge in [-0.15, -0.1) is 11.7 Å². The monoisotopic (exact) mass is 260 g/mol. The number of hydrogen-bond acceptors (Lipinski definition) is 4. The summed E-state index contributed by atoms with van der Waals surface area (Å²) in [4.78, 5) is 5.49. The number of likely N-dealkylation sites (N-methyl/N-ethyl adjacent to an activating group) is 1. The Balaban J connectivity index is 2.07. The quantitative estimate of drug-likeness (QED) is 0.616. The molecule has 0 N–H and O–H groups in total. The van der Waals surface area contributed by atoms with Gasteiger partial charge in [0.25, 0.3) is 0 Å². The summed E-state index contributed by atoms with van der Waals surface area (Å²) in [6.07, 6.45) is 4.12. The third-order valence-electron chi connectivity index (χ3n) is 4.44. The van der Waals surface area contributed by atoms with Crippen LogP contribution in [0.15, 0.2) is 0 Å². The Bertz CT molecular complexity index is 257. The first-order chi connectivity index (χ1) is 7.54. The van der Waals surface area contributed by atoms with Gasteiger partial charge in [0.15, 0.2) is 0 Å². The number of likely N-dealkylation sites (tertiary alicyclic amines) is 2. The number of hydrogen-bond donors (Lipinski definition) is 1. The van der Waals surface area contributed by atoms with Gasteiger partial charge in [-0.25, -0.2) is 0 Å². The van der Waals surface area contributed by atoms with Crippen molar-refractivity contribution in [2.24, 2.45) is 0 Å². The topological polar surface area (TPSA) is 6.48 Å². The predicted molar refractivity (Wildman–Crippen MR) is 76.1 cm³/mol. The van der Waals surface area contributed by atoms with Gasteiger partial charge in [-0.2, -0.15) is 0 Å². The van der Waals surface area contributed by atoms with Crippen molar-refractivity contribution < 1.29 is 0 Å². The van der Waals surface area contributed by atoms with Crippen molar-refractivity contribution in [1.82, 2.24) is 9.80 Å². The van der Waals surface area contributed by atoms with E-state index in [0.29, 0.717) is 5.54 Å². The molecule has 0 amide bonds. The molecule has 0 aromatic carbocycles. The summed E-state index contributed by atoms with van der Waals surface area (Å²) in [5, 5.41) is 0. The first-order valence-corrected chi connectivity index (χ1v) is 8.24. The van der Waals surface area contributed by atoms with E-state index in [-0.39, 0.29) is 4.87 Å². The normalized spacial score (nSPS) is 33.0. The lowest BCUT2D eigenvalue weighted by Gasteiger charge is -2.38. The number of nitrogens with zero attached hydrogens (tertiary/aromatic N) is 2. The Hall–Kier alpha value is 0.620. The molecular weight excluding hydrogens is 236 g/mol. The Morgan fingerprint density at radius 1 is 1.31 bits per heavy atom. The average molecular weight is 260 g/mol. The molecule has 94 valence electrons. The van der Waals surface area contributed by atoms with E-state index in [0.717, 1.165) is 0 Å². The van der Waals surface area contributed by atoms with Crippen LogP contribution in [0.1, 0.15) is 40.0 Å². The van der Waals surface area contributed by atoms with E-state index in [1.54, 1.807) is 10.8 Å². The molecule has 0 saturated carbocycles. The fraction of sp³-hybridized carbons (Fsp3) is 1.00. The van der Waals surface area contributed by atoms with Crippen LogP contribution in [0.5, 0.6) is 0 Å². The van der Waals surface area contributed by atoms with Gasteiger partial charge in [-0.1, -0.05) is 17.7 Å². The van der Waals surface area contributed by atoms with Crippen LogP contribution >= 0.6 is 22.5 Å². The molecule has 2 aliphatic heterocycles. The first-order valence-electron chi connectivity index (χ1n) is 6.37. The van der Waals surface area contributed by atoms with Crippen molar-refractivity contribution in [3.63, 3.8) is 0 Å². The molecule has 1 spiro atoms. The molecule has 0 bridgehead atoms. The van der Waals surface area contributed by atoms with Crippen LogP contribution in [0.4, 0.5) is 0 Å².